The molecular weight excluding hydrogens is 267 g/mol. The van der Waals surface area contributed by atoms with Gasteiger partial charge in [-0.05, 0) is 58.4 Å². The third-order valence-electron chi connectivity index (χ3n) is 2.89. The van der Waals surface area contributed by atoms with E-state index in [1.165, 1.54) is 0 Å². The van der Waals surface area contributed by atoms with E-state index in [1.807, 2.05) is 0 Å². The average Bonchev–Trinajstić information content (AvgIpc) is 2.21. The molecule has 0 rings (SSSR count). The summed E-state index contributed by atoms with van der Waals surface area (Å²) in [4.78, 5) is 0. The Balaban J connectivity index is 3.92. The molecule has 0 saturated carbocycles. The van der Waals surface area contributed by atoms with Crippen molar-refractivity contribution in [1.29, 1.82) is 0 Å². The van der Waals surface area contributed by atoms with Crippen LogP contribution in [0.2, 0.25) is 0 Å². The van der Waals surface area contributed by atoms with Gasteiger partial charge in [-0.1, -0.05) is 13.8 Å². The van der Waals surface area contributed by atoms with Crippen molar-refractivity contribution in [2.24, 2.45) is 11.8 Å². The van der Waals surface area contributed by atoms with E-state index in [-0.39, 0.29) is 12.1 Å². The molecule has 122 valence electrons. The minimum absolute atomic E-state index is 0.0714. The van der Waals surface area contributed by atoms with E-state index in [9.17, 15) is 13.2 Å². The summed E-state index contributed by atoms with van der Waals surface area (Å²) in [5.41, 5.74) is 0.0714. The lowest BCUT2D eigenvalue weighted by atomic mass is 9.92. The van der Waals surface area contributed by atoms with E-state index in [0.717, 1.165) is 19.4 Å². The van der Waals surface area contributed by atoms with Gasteiger partial charge in [0.2, 0.25) is 0 Å². The molecule has 0 fully saturated rings. The first kappa shape index (κ1) is 19.7. The molecule has 0 heterocycles. The minimum Gasteiger partial charge on any atom is -0.372 e. The summed E-state index contributed by atoms with van der Waals surface area (Å²) in [6, 6.07) is 0. The third-order valence-corrected chi connectivity index (χ3v) is 2.89. The van der Waals surface area contributed by atoms with Crippen LogP contribution in [-0.2, 0) is 4.74 Å². The van der Waals surface area contributed by atoms with E-state index in [4.69, 9.17) is 0 Å². The fourth-order valence-corrected chi connectivity index (χ4v) is 2.08. The topological polar surface area (TPSA) is 21.3 Å². The summed E-state index contributed by atoms with van der Waals surface area (Å²) in [6.45, 7) is 10.6. The smallest absolute Gasteiger partial charge is 0.372 e. The Morgan fingerprint density at radius 2 is 1.70 bits per heavy atom. The lowest BCUT2D eigenvalue weighted by Crippen LogP contribution is -2.39. The second kappa shape index (κ2) is 8.88. The fraction of sp³-hybridized carbons (Fsp3) is 1.00. The van der Waals surface area contributed by atoms with Gasteiger partial charge < -0.3 is 10.1 Å². The van der Waals surface area contributed by atoms with Crippen LogP contribution in [-0.4, -0.2) is 31.5 Å². The average molecular weight is 297 g/mol. The maximum absolute atomic E-state index is 11.9. The highest BCUT2D eigenvalue weighted by molar-refractivity contribution is 4.74. The minimum atomic E-state index is -4.22. The van der Waals surface area contributed by atoms with E-state index in [1.54, 1.807) is 0 Å². The standard InChI is InChI=1S/C15H30F3NO/c1-12(2)9-13(10-19-14(3,4)5)7-6-8-20-11-15(16,17)18/h12-13,19H,6-11H2,1-5H3. The molecule has 2 nitrogen and oxygen atoms in total. The molecule has 0 aromatic heterocycles. The molecule has 5 heteroatoms. The van der Waals surface area contributed by atoms with Crippen molar-refractivity contribution in [2.75, 3.05) is 19.8 Å². The van der Waals surface area contributed by atoms with Crippen LogP contribution in [0.3, 0.4) is 0 Å². The zero-order chi connectivity index (χ0) is 15.8. The number of halogens is 3. The summed E-state index contributed by atoms with van der Waals surface area (Å²) in [5, 5.41) is 3.47. The highest BCUT2D eigenvalue weighted by Gasteiger charge is 2.27. The zero-order valence-electron chi connectivity index (χ0n) is 13.4. The molecule has 0 radical (unpaired) electrons. The van der Waals surface area contributed by atoms with Gasteiger partial charge in [0.05, 0.1) is 0 Å². The fourth-order valence-electron chi connectivity index (χ4n) is 2.08. The Hall–Kier alpha value is -0.290. The number of nitrogens with one attached hydrogen (secondary N) is 1. The second-order valence-electron chi connectivity index (χ2n) is 6.94. The molecule has 0 aliphatic carbocycles. The van der Waals surface area contributed by atoms with Gasteiger partial charge in [0.15, 0.2) is 0 Å². The number of ether oxygens (including phenoxy) is 1. The van der Waals surface area contributed by atoms with E-state index in [0.29, 0.717) is 18.3 Å². The second-order valence-corrected chi connectivity index (χ2v) is 6.94. The number of hydrogen-bond donors (Lipinski definition) is 1. The normalized spacial score (nSPS) is 14.8. The van der Waals surface area contributed by atoms with Crippen LogP contribution in [0.4, 0.5) is 13.2 Å². The molecule has 0 aliphatic rings. The van der Waals surface area contributed by atoms with Crippen molar-refractivity contribution >= 4 is 0 Å². The Labute approximate surface area is 121 Å². The van der Waals surface area contributed by atoms with E-state index < -0.39 is 12.8 Å². The maximum atomic E-state index is 11.9. The molecule has 0 aromatic carbocycles. The van der Waals surface area contributed by atoms with Crippen molar-refractivity contribution in [1.82, 2.24) is 5.32 Å². The van der Waals surface area contributed by atoms with Gasteiger partial charge in [-0.3, -0.25) is 0 Å². The van der Waals surface area contributed by atoms with Crippen molar-refractivity contribution in [2.45, 2.75) is 65.6 Å². The number of rotatable bonds is 9. The summed E-state index contributed by atoms with van der Waals surface area (Å²) in [7, 11) is 0. The molecule has 0 aliphatic heterocycles. The first-order chi connectivity index (χ1) is 8.99. The number of hydrogen-bond acceptors (Lipinski definition) is 2. The molecule has 0 spiro atoms. The first-order valence-electron chi connectivity index (χ1n) is 7.39. The lowest BCUT2D eigenvalue weighted by Gasteiger charge is -2.26. The molecule has 1 N–H and O–H groups in total. The van der Waals surface area contributed by atoms with Gasteiger partial charge in [-0.15, -0.1) is 0 Å². The van der Waals surface area contributed by atoms with Crippen LogP contribution in [0, 0.1) is 11.8 Å². The maximum Gasteiger partial charge on any atom is 0.411 e. The SMILES string of the molecule is CC(C)CC(CCCOCC(F)(F)F)CNC(C)(C)C. The molecule has 20 heavy (non-hydrogen) atoms. The Morgan fingerprint density at radius 1 is 1.10 bits per heavy atom. The number of alkyl halides is 3. The molecule has 0 saturated heterocycles. The predicted molar refractivity (Wildman–Crippen MR) is 76.8 cm³/mol. The van der Waals surface area contributed by atoms with Crippen LogP contribution in [0.15, 0.2) is 0 Å². The van der Waals surface area contributed by atoms with Gasteiger partial charge in [0.25, 0.3) is 0 Å². The first-order valence-corrected chi connectivity index (χ1v) is 7.39. The van der Waals surface area contributed by atoms with Gasteiger partial charge in [0, 0.05) is 12.1 Å². The summed E-state index contributed by atoms with van der Waals surface area (Å²) < 4.78 is 40.4. The van der Waals surface area contributed by atoms with E-state index in [2.05, 4.69) is 44.7 Å². The van der Waals surface area contributed by atoms with E-state index >= 15 is 0 Å². The third kappa shape index (κ3) is 14.1. The molecule has 0 amide bonds. The van der Waals surface area contributed by atoms with Gasteiger partial charge in [-0.25, -0.2) is 0 Å². The van der Waals surface area contributed by atoms with Crippen LogP contribution in [0.5, 0.6) is 0 Å². The van der Waals surface area contributed by atoms with Crippen molar-refractivity contribution in [3.8, 4) is 0 Å². The summed E-state index contributed by atoms with van der Waals surface area (Å²) in [5.74, 6) is 1.08. The van der Waals surface area contributed by atoms with Crippen molar-refractivity contribution in [3.63, 3.8) is 0 Å². The van der Waals surface area contributed by atoms with Crippen LogP contribution >= 0.6 is 0 Å². The highest BCUT2D eigenvalue weighted by Crippen LogP contribution is 2.19. The van der Waals surface area contributed by atoms with Crippen LogP contribution in [0.1, 0.15) is 53.9 Å². The molecule has 1 unspecified atom stereocenters. The van der Waals surface area contributed by atoms with Crippen LogP contribution in [0.25, 0.3) is 0 Å². The van der Waals surface area contributed by atoms with Gasteiger partial charge in [0.1, 0.15) is 6.61 Å². The Bertz CT molecular complexity index is 246. The van der Waals surface area contributed by atoms with Crippen molar-refractivity contribution < 1.29 is 17.9 Å². The lowest BCUT2D eigenvalue weighted by molar-refractivity contribution is -0.174. The Morgan fingerprint density at radius 3 is 2.15 bits per heavy atom. The highest BCUT2D eigenvalue weighted by atomic mass is 19.4. The van der Waals surface area contributed by atoms with Crippen molar-refractivity contribution in [3.05, 3.63) is 0 Å². The predicted octanol–water partition coefficient (Wildman–Crippen LogP) is 4.40. The van der Waals surface area contributed by atoms with Gasteiger partial charge in [-0.2, -0.15) is 13.2 Å². The summed E-state index contributed by atoms with van der Waals surface area (Å²) >= 11 is 0. The molecule has 0 bridgehead atoms. The summed E-state index contributed by atoms with van der Waals surface area (Å²) in [6.07, 6.45) is -1.55. The molecule has 1 atom stereocenters. The molecular formula is C15H30F3NO. The van der Waals surface area contributed by atoms with Gasteiger partial charge >= 0.3 is 6.18 Å². The zero-order valence-corrected chi connectivity index (χ0v) is 13.4. The quantitative estimate of drug-likeness (QED) is 0.637. The largest absolute Gasteiger partial charge is 0.411 e. The molecule has 0 aromatic rings. The van der Waals surface area contributed by atoms with Crippen LogP contribution < -0.4 is 5.32 Å². The monoisotopic (exact) mass is 297 g/mol. The Kier molecular flexibility index (Phi) is 8.75.